The highest BCUT2D eigenvalue weighted by Gasteiger charge is 2.30. The van der Waals surface area contributed by atoms with E-state index in [1.807, 2.05) is 0 Å². The molecule has 0 radical (unpaired) electrons. The largest absolute Gasteiger partial charge is 0.416 e. The number of hydrogen-bond acceptors (Lipinski definition) is 1. The van der Waals surface area contributed by atoms with Crippen molar-refractivity contribution in [3.8, 4) is 11.1 Å². The van der Waals surface area contributed by atoms with Crippen molar-refractivity contribution in [1.82, 2.24) is 0 Å². The molecular weight excluding hydrogens is 253 g/mol. The summed E-state index contributed by atoms with van der Waals surface area (Å²) < 4.78 is 37.9. The quantitative estimate of drug-likeness (QED) is 0.852. The fraction of sp³-hybridized carbons (Fsp3) is 0.200. The van der Waals surface area contributed by atoms with Crippen molar-refractivity contribution in [2.75, 3.05) is 0 Å². The molecule has 0 saturated carbocycles. The Morgan fingerprint density at radius 3 is 2.11 bits per heavy atom. The first-order valence-electron chi connectivity index (χ1n) is 5.83. The predicted octanol–water partition coefficient (Wildman–Crippen LogP) is 4.43. The Balaban J connectivity index is 2.37. The fourth-order valence-corrected chi connectivity index (χ4v) is 1.83. The van der Waals surface area contributed by atoms with Crippen LogP contribution in [0.1, 0.15) is 24.2 Å². The second kappa shape index (κ2) is 5.05. The van der Waals surface area contributed by atoms with E-state index in [0.717, 1.165) is 17.7 Å². The monoisotopic (exact) mass is 266 g/mol. The van der Waals surface area contributed by atoms with Crippen molar-refractivity contribution < 1.29 is 18.3 Å². The van der Waals surface area contributed by atoms with E-state index in [9.17, 15) is 18.3 Å². The smallest absolute Gasteiger partial charge is 0.389 e. The SMILES string of the molecule is CC(O)c1ccc(-c2cccc(C(F)(F)F)c2)cc1. The van der Waals surface area contributed by atoms with Crippen LogP contribution in [0.25, 0.3) is 11.1 Å². The van der Waals surface area contributed by atoms with Gasteiger partial charge in [0, 0.05) is 0 Å². The molecule has 0 bridgehead atoms. The average Bonchev–Trinajstić information content (AvgIpc) is 2.38. The molecule has 4 heteroatoms. The molecule has 0 saturated heterocycles. The number of halogens is 3. The minimum Gasteiger partial charge on any atom is -0.389 e. The van der Waals surface area contributed by atoms with E-state index in [1.165, 1.54) is 6.07 Å². The summed E-state index contributed by atoms with van der Waals surface area (Å²) in [5, 5.41) is 9.39. The zero-order valence-corrected chi connectivity index (χ0v) is 10.3. The average molecular weight is 266 g/mol. The van der Waals surface area contributed by atoms with Gasteiger partial charge in [0.2, 0.25) is 0 Å². The molecular formula is C15H13F3O. The van der Waals surface area contributed by atoms with Crippen molar-refractivity contribution in [3.05, 3.63) is 59.7 Å². The minimum atomic E-state index is -4.34. The maximum absolute atomic E-state index is 12.6. The lowest BCUT2D eigenvalue weighted by molar-refractivity contribution is -0.137. The van der Waals surface area contributed by atoms with E-state index in [2.05, 4.69) is 0 Å². The zero-order chi connectivity index (χ0) is 14.0. The molecule has 0 amide bonds. The van der Waals surface area contributed by atoms with Gasteiger partial charge >= 0.3 is 6.18 Å². The van der Waals surface area contributed by atoms with Crippen LogP contribution in [0.2, 0.25) is 0 Å². The zero-order valence-electron chi connectivity index (χ0n) is 10.3. The van der Waals surface area contributed by atoms with E-state index in [1.54, 1.807) is 37.3 Å². The lowest BCUT2D eigenvalue weighted by atomic mass is 10.0. The summed E-state index contributed by atoms with van der Waals surface area (Å²) >= 11 is 0. The number of aliphatic hydroxyl groups excluding tert-OH is 1. The molecule has 100 valence electrons. The van der Waals surface area contributed by atoms with Crippen molar-refractivity contribution in [1.29, 1.82) is 0 Å². The van der Waals surface area contributed by atoms with Gasteiger partial charge in [-0.1, -0.05) is 36.4 Å². The third-order valence-electron chi connectivity index (χ3n) is 2.92. The number of benzene rings is 2. The van der Waals surface area contributed by atoms with Crippen LogP contribution in [-0.4, -0.2) is 5.11 Å². The van der Waals surface area contributed by atoms with E-state index in [4.69, 9.17) is 0 Å². The highest BCUT2D eigenvalue weighted by Crippen LogP contribution is 2.32. The van der Waals surface area contributed by atoms with Gasteiger partial charge in [-0.3, -0.25) is 0 Å². The molecule has 1 atom stereocenters. The van der Waals surface area contributed by atoms with Crippen molar-refractivity contribution in [2.24, 2.45) is 0 Å². The molecule has 1 N–H and O–H groups in total. The maximum Gasteiger partial charge on any atom is 0.416 e. The molecule has 0 aromatic heterocycles. The summed E-state index contributed by atoms with van der Waals surface area (Å²) in [6.45, 7) is 1.64. The first-order valence-corrected chi connectivity index (χ1v) is 5.83. The molecule has 2 rings (SSSR count). The summed E-state index contributed by atoms with van der Waals surface area (Å²) in [5.41, 5.74) is 1.27. The highest BCUT2D eigenvalue weighted by molar-refractivity contribution is 5.64. The van der Waals surface area contributed by atoms with Crippen molar-refractivity contribution in [3.63, 3.8) is 0 Å². The summed E-state index contributed by atoms with van der Waals surface area (Å²) in [5.74, 6) is 0. The van der Waals surface area contributed by atoms with Gasteiger partial charge in [0.1, 0.15) is 0 Å². The maximum atomic E-state index is 12.6. The number of aliphatic hydroxyl groups is 1. The Kier molecular flexibility index (Phi) is 3.62. The van der Waals surface area contributed by atoms with Crippen molar-refractivity contribution >= 4 is 0 Å². The van der Waals surface area contributed by atoms with Gasteiger partial charge in [0.15, 0.2) is 0 Å². The first-order chi connectivity index (χ1) is 8.88. The Morgan fingerprint density at radius 2 is 1.58 bits per heavy atom. The van der Waals surface area contributed by atoms with Crippen LogP contribution in [0.5, 0.6) is 0 Å². The Bertz CT molecular complexity index is 556. The molecule has 1 nitrogen and oxygen atoms in total. The van der Waals surface area contributed by atoms with Gasteiger partial charge < -0.3 is 5.11 Å². The summed E-state index contributed by atoms with van der Waals surface area (Å²) in [7, 11) is 0. The molecule has 0 spiro atoms. The molecule has 19 heavy (non-hydrogen) atoms. The van der Waals surface area contributed by atoms with Crippen LogP contribution >= 0.6 is 0 Å². The second-order valence-corrected chi connectivity index (χ2v) is 4.38. The van der Waals surface area contributed by atoms with Crippen LogP contribution < -0.4 is 0 Å². The highest BCUT2D eigenvalue weighted by atomic mass is 19.4. The van der Waals surface area contributed by atoms with Gasteiger partial charge in [-0.15, -0.1) is 0 Å². The summed E-state index contributed by atoms with van der Waals surface area (Å²) in [6, 6.07) is 12.0. The van der Waals surface area contributed by atoms with E-state index in [-0.39, 0.29) is 0 Å². The van der Waals surface area contributed by atoms with Crippen LogP contribution in [0, 0.1) is 0 Å². The summed E-state index contributed by atoms with van der Waals surface area (Å²) in [4.78, 5) is 0. The molecule has 0 aliphatic rings. The Labute approximate surface area is 109 Å². The molecule has 0 heterocycles. The normalized spacial score (nSPS) is 13.3. The third kappa shape index (κ3) is 3.15. The molecule has 1 unspecified atom stereocenters. The van der Waals surface area contributed by atoms with E-state index in [0.29, 0.717) is 11.1 Å². The van der Waals surface area contributed by atoms with Gasteiger partial charge in [-0.2, -0.15) is 13.2 Å². The molecule has 0 aliphatic heterocycles. The molecule has 0 fully saturated rings. The Morgan fingerprint density at radius 1 is 0.947 bits per heavy atom. The van der Waals surface area contributed by atoms with Crippen LogP contribution in [0.15, 0.2) is 48.5 Å². The second-order valence-electron chi connectivity index (χ2n) is 4.38. The van der Waals surface area contributed by atoms with Crippen LogP contribution in [0.4, 0.5) is 13.2 Å². The van der Waals surface area contributed by atoms with Crippen LogP contribution in [0.3, 0.4) is 0 Å². The lowest BCUT2D eigenvalue weighted by Crippen LogP contribution is -2.04. The third-order valence-corrected chi connectivity index (χ3v) is 2.92. The first kappa shape index (κ1) is 13.6. The predicted molar refractivity (Wildman–Crippen MR) is 67.5 cm³/mol. The van der Waals surface area contributed by atoms with Gasteiger partial charge in [0.25, 0.3) is 0 Å². The molecule has 2 aromatic rings. The van der Waals surface area contributed by atoms with Gasteiger partial charge in [-0.05, 0) is 35.7 Å². The van der Waals surface area contributed by atoms with Crippen molar-refractivity contribution in [2.45, 2.75) is 19.2 Å². The number of hydrogen-bond donors (Lipinski definition) is 1. The minimum absolute atomic E-state index is 0.506. The standard InChI is InChI=1S/C15H13F3O/c1-10(19)11-5-7-12(8-6-11)13-3-2-4-14(9-13)15(16,17)18/h2-10,19H,1H3. The number of rotatable bonds is 2. The fourth-order valence-electron chi connectivity index (χ4n) is 1.83. The van der Waals surface area contributed by atoms with Crippen LogP contribution in [-0.2, 0) is 6.18 Å². The molecule has 0 aliphatic carbocycles. The van der Waals surface area contributed by atoms with E-state index < -0.39 is 17.8 Å². The summed E-state index contributed by atoms with van der Waals surface area (Å²) in [6.07, 6.45) is -4.93. The Hall–Kier alpha value is -1.81. The molecule has 2 aromatic carbocycles. The van der Waals surface area contributed by atoms with E-state index >= 15 is 0 Å². The number of alkyl halides is 3. The topological polar surface area (TPSA) is 20.2 Å². The van der Waals surface area contributed by atoms with Gasteiger partial charge in [0.05, 0.1) is 11.7 Å². The lowest BCUT2D eigenvalue weighted by Gasteiger charge is -2.10. The van der Waals surface area contributed by atoms with Gasteiger partial charge in [-0.25, -0.2) is 0 Å².